The molecule has 1 atom stereocenters. The molecule has 0 amide bonds. The van der Waals surface area contributed by atoms with E-state index in [4.69, 9.17) is 25.8 Å². The summed E-state index contributed by atoms with van der Waals surface area (Å²) in [6, 6.07) is 11.7. The van der Waals surface area contributed by atoms with Crippen LogP contribution in [-0.2, 0) is 9.53 Å². The van der Waals surface area contributed by atoms with Gasteiger partial charge in [-0.1, -0.05) is 41.1 Å². The Bertz CT molecular complexity index is 1500. The van der Waals surface area contributed by atoms with Crippen molar-refractivity contribution in [2.45, 2.75) is 32.9 Å². The van der Waals surface area contributed by atoms with Crippen molar-refractivity contribution in [3.8, 4) is 11.5 Å². The van der Waals surface area contributed by atoms with Crippen LogP contribution in [-0.4, -0.2) is 30.9 Å². The lowest BCUT2D eigenvalue weighted by Gasteiger charge is -2.26. The molecule has 0 radical (unpaired) electrons. The Balaban J connectivity index is 1.98. The summed E-state index contributed by atoms with van der Waals surface area (Å²) in [5.41, 5.74) is 1.76. The molecule has 0 fully saturated rings. The fourth-order valence-corrected chi connectivity index (χ4v) is 5.22. The van der Waals surface area contributed by atoms with Crippen LogP contribution >= 0.6 is 22.9 Å². The van der Waals surface area contributed by atoms with Crippen LogP contribution in [0, 0.1) is 0 Å². The summed E-state index contributed by atoms with van der Waals surface area (Å²) in [5, 5.41) is 0.436. The third-order valence-corrected chi connectivity index (χ3v) is 6.83. The molecule has 7 nitrogen and oxygen atoms in total. The number of halogens is 1. The van der Waals surface area contributed by atoms with E-state index >= 15 is 0 Å². The van der Waals surface area contributed by atoms with Gasteiger partial charge in [0, 0.05) is 10.6 Å². The van der Waals surface area contributed by atoms with Crippen molar-refractivity contribution in [2.75, 3.05) is 14.2 Å². The molecule has 1 aliphatic rings. The van der Waals surface area contributed by atoms with Gasteiger partial charge < -0.3 is 14.2 Å². The number of carbonyl (C=O) groups excluding carboxylic acids is 1. The van der Waals surface area contributed by atoms with Gasteiger partial charge >= 0.3 is 5.97 Å². The normalized spacial score (nSPS) is 15.6. The fraction of sp³-hybridized carbons (Fsp3) is 0.269. The monoisotopic (exact) mass is 512 g/mol. The summed E-state index contributed by atoms with van der Waals surface area (Å²) in [6.07, 6.45) is 1.40. The number of aromatic nitrogens is 1. The molecule has 1 aromatic heterocycles. The number of rotatable bonds is 6. The second-order valence-electron chi connectivity index (χ2n) is 8.17. The highest BCUT2D eigenvalue weighted by molar-refractivity contribution is 7.07. The van der Waals surface area contributed by atoms with E-state index < -0.39 is 12.0 Å². The van der Waals surface area contributed by atoms with Gasteiger partial charge in [0.2, 0.25) is 0 Å². The summed E-state index contributed by atoms with van der Waals surface area (Å²) in [4.78, 5) is 32.0. The van der Waals surface area contributed by atoms with Crippen LogP contribution in [0.3, 0.4) is 0 Å². The summed E-state index contributed by atoms with van der Waals surface area (Å²) < 4.78 is 18.2. The molecule has 0 aliphatic carbocycles. The lowest BCUT2D eigenvalue weighted by atomic mass is 9.96. The van der Waals surface area contributed by atoms with E-state index in [1.165, 1.54) is 15.9 Å². The van der Waals surface area contributed by atoms with E-state index in [0.29, 0.717) is 42.7 Å². The standard InChI is InChI=1S/C26H25ClN2O5S/c1-14(2)34-25(31)22-15(3)28-26-29(23(22)18-8-6-7-9-19(18)27)24(30)21(35-26)13-16-12-17(32-4)10-11-20(16)33-5/h6-14,23H,1-5H3. The zero-order chi connectivity index (χ0) is 25.3. The minimum atomic E-state index is -0.777. The molecule has 0 saturated heterocycles. The van der Waals surface area contributed by atoms with Crippen molar-refractivity contribution in [3.05, 3.63) is 89.6 Å². The first-order valence-corrected chi connectivity index (χ1v) is 12.1. The zero-order valence-electron chi connectivity index (χ0n) is 20.0. The maximum absolute atomic E-state index is 13.8. The maximum atomic E-state index is 13.8. The Labute approximate surface area is 211 Å². The van der Waals surface area contributed by atoms with E-state index in [0.717, 1.165) is 0 Å². The molecule has 0 saturated carbocycles. The quantitative estimate of drug-likeness (QED) is 0.469. The first-order valence-electron chi connectivity index (χ1n) is 10.9. The number of carbonyl (C=O) groups is 1. The topological polar surface area (TPSA) is 79.1 Å². The fourth-order valence-electron chi connectivity index (χ4n) is 3.94. The van der Waals surface area contributed by atoms with Gasteiger partial charge in [-0.05, 0) is 56.7 Å². The van der Waals surface area contributed by atoms with E-state index in [-0.39, 0.29) is 17.2 Å². The minimum Gasteiger partial charge on any atom is -0.497 e. The number of ether oxygens (including phenoxy) is 3. The van der Waals surface area contributed by atoms with Crippen LogP contribution in [0.1, 0.15) is 37.9 Å². The molecule has 4 rings (SSSR count). The van der Waals surface area contributed by atoms with E-state index in [1.807, 2.05) is 6.07 Å². The third-order valence-electron chi connectivity index (χ3n) is 5.51. The predicted octanol–water partition coefficient (Wildman–Crippen LogP) is 3.86. The van der Waals surface area contributed by atoms with Gasteiger partial charge in [0.25, 0.3) is 5.56 Å². The molecule has 1 unspecified atom stereocenters. The second kappa shape index (κ2) is 10.1. The zero-order valence-corrected chi connectivity index (χ0v) is 21.6. The summed E-state index contributed by atoms with van der Waals surface area (Å²) in [6.45, 7) is 5.28. The van der Waals surface area contributed by atoms with Crippen molar-refractivity contribution >= 4 is 35.0 Å². The Hall–Kier alpha value is -3.36. The molecule has 2 aromatic carbocycles. The second-order valence-corrected chi connectivity index (χ2v) is 9.58. The Morgan fingerprint density at radius 3 is 2.57 bits per heavy atom. The summed E-state index contributed by atoms with van der Waals surface area (Å²) >= 11 is 7.78. The Morgan fingerprint density at radius 1 is 1.17 bits per heavy atom. The van der Waals surface area contributed by atoms with Gasteiger partial charge in [-0.25, -0.2) is 9.79 Å². The highest BCUT2D eigenvalue weighted by Gasteiger charge is 2.34. The molecule has 9 heteroatoms. The average Bonchev–Trinajstić information content (AvgIpc) is 3.12. The Morgan fingerprint density at radius 2 is 1.91 bits per heavy atom. The largest absolute Gasteiger partial charge is 0.497 e. The smallest absolute Gasteiger partial charge is 0.338 e. The number of hydrogen-bond acceptors (Lipinski definition) is 7. The maximum Gasteiger partial charge on any atom is 0.338 e. The molecular weight excluding hydrogens is 488 g/mol. The van der Waals surface area contributed by atoms with E-state index in [1.54, 1.807) is 77.5 Å². The Kier molecular flexibility index (Phi) is 7.14. The van der Waals surface area contributed by atoms with Crippen molar-refractivity contribution in [3.63, 3.8) is 0 Å². The van der Waals surface area contributed by atoms with E-state index in [2.05, 4.69) is 4.99 Å². The molecule has 2 heterocycles. The van der Waals surface area contributed by atoms with Gasteiger partial charge in [-0.2, -0.15) is 0 Å². The molecule has 0 N–H and O–H groups in total. The van der Waals surface area contributed by atoms with Gasteiger partial charge in [-0.3, -0.25) is 9.36 Å². The number of hydrogen-bond donors (Lipinski definition) is 0. The van der Waals surface area contributed by atoms with Crippen LogP contribution in [0.4, 0.5) is 0 Å². The van der Waals surface area contributed by atoms with Gasteiger partial charge in [-0.15, -0.1) is 0 Å². The SMILES string of the molecule is COc1ccc(OC)c(C=c2sc3n(c2=O)C(c2ccccc2Cl)C(C(=O)OC(C)C)=C(C)N=3)c1. The first-order chi connectivity index (χ1) is 16.7. The number of allylic oxidation sites excluding steroid dienone is 1. The van der Waals surface area contributed by atoms with Crippen molar-refractivity contribution in [2.24, 2.45) is 4.99 Å². The molecule has 3 aromatic rings. The van der Waals surface area contributed by atoms with Crippen LogP contribution in [0.25, 0.3) is 6.08 Å². The predicted molar refractivity (Wildman–Crippen MR) is 136 cm³/mol. The van der Waals surface area contributed by atoms with Gasteiger partial charge in [0.1, 0.15) is 17.5 Å². The van der Waals surface area contributed by atoms with Crippen LogP contribution in [0.2, 0.25) is 5.02 Å². The number of esters is 1. The van der Waals surface area contributed by atoms with Crippen LogP contribution in [0.5, 0.6) is 11.5 Å². The third kappa shape index (κ3) is 4.76. The van der Waals surface area contributed by atoms with Crippen LogP contribution in [0.15, 0.2) is 63.5 Å². The number of nitrogens with zero attached hydrogens (tertiary/aromatic N) is 2. The highest BCUT2D eigenvalue weighted by Crippen LogP contribution is 2.34. The summed E-state index contributed by atoms with van der Waals surface area (Å²) in [7, 11) is 3.14. The van der Waals surface area contributed by atoms with Crippen molar-refractivity contribution in [1.29, 1.82) is 0 Å². The van der Waals surface area contributed by atoms with Gasteiger partial charge in [0.05, 0.1) is 36.1 Å². The number of thiazole rings is 1. The molecule has 0 spiro atoms. The number of methoxy groups -OCH3 is 2. The molecule has 35 heavy (non-hydrogen) atoms. The minimum absolute atomic E-state index is 0.282. The lowest BCUT2D eigenvalue weighted by molar-refractivity contribution is -0.143. The molecule has 182 valence electrons. The first kappa shape index (κ1) is 24.8. The van der Waals surface area contributed by atoms with Crippen molar-refractivity contribution < 1.29 is 19.0 Å². The molecule has 0 bridgehead atoms. The molecule has 1 aliphatic heterocycles. The number of benzene rings is 2. The highest BCUT2D eigenvalue weighted by atomic mass is 35.5. The lowest BCUT2D eigenvalue weighted by Crippen LogP contribution is -2.40. The van der Waals surface area contributed by atoms with Crippen molar-refractivity contribution in [1.82, 2.24) is 4.57 Å². The average molecular weight is 513 g/mol. The van der Waals surface area contributed by atoms with E-state index in [9.17, 15) is 9.59 Å². The number of fused-ring (bicyclic) bond motifs is 1. The summed E-state index contributed by atoms with van der Waals surface area (Å²) in [5.74, 6) is 0.694. The molecular formula is C26H25ClN2O5S. The van der Waals surface area contributed by atoms with Crippen LogP contribution < -0.4 is 24.4 Å². The van der Waals surface area contributed by atoms with Gasteiger partial charge in [0.15, 0.2) is 4.80 Å².